The van der Waals surface area contributed by atoms with Gasteiger partial charge in [-0.05, 0) is 93.3 Å². The molecule has 0 bridgehead atoms. The van der Waals surface area contributed by atoms with Crippen LogP contribution in [0.15, 0.2) is 0 Å². The van der Waals surface area contributed by atoms with Gasteiger partial charge in [0.15, 0.2) is 5.78 Å². The molecule has 0 aromatic rings. The maximum Gasteiger partial charge on any atom is 0.162 e. The highest BCUT2D eigenvalue weighted by Crippen LogP contribution is 2.69. The number of hydrogen-bond acceptors (Lipinski definition) is 3. The Morgan fingerprint density at radius 2 is 1.72 bits per heavy atom. The number of aliphatic hydroxyl groups excluding tert-OH is 1. The van der Waals surface area contributed by atoms with Gasteiger partial charge < -0.3 is 10.2 Å². The predicted octanol–water partition coefficient (Wildman–Crippen LogP) is 3.96. The first-order valence-corrected chi connectivity index (χ1v) is 10.6. The van der Waals surface area contributed by atoms with E-state index in [1.807, 2.05) is 0 Å². The topological polar surface area (TPSA) is 57.5 Å². The van der Waals surface area contributed by atoms with Crippen molar-refractivity contribution in [1.82, 2.24) is 0 Å². The molecule has 0 heterocycles. The highest BCUT2D eigenvalue weighted by atomic mass is 16.3. The third-order valence-corrected chi connectivity index (χ3v) is 9.76. The molecule has 0 aliphatic heterocycles. The van der Waals surface area contributed by atoms with Gasteiger partial charge in [-0.1, -0.05) is 20.8 Å². The van der Waals surface area contributed by atoms with E-state index in [9.17, 15) is 15.0 Å². The van der Waals surface area contributed by atoms with Gasteiger partial charge in [0, 0.05) is 5.41 Å². The van der Waals surface area contributed by atoms with Crippen molar-refractivity contribution >= 4 is 5.78 Å². The molecule has 4 fully saturated rings. The summed E-state index contributed by atoms with van der Waals surface area (Å²) in [6.45, 7) is 8.37. The third-order valence-electron chi connectivity index (χ3n) is 9.76. The van der Waals surface area contributed by atoms with Crippen LogP contribution in [0.1, 0.15) is 79.1 Å². The Morgan fingerprint density at radius 1 is 1.00 bits per heavy atom. The van der Waals surface area contributed by atoms with Gasteiger partial charge in [0.2, 0.25) is 0 Å². The van der Waals surface area contributed by atoms with Crippen LogP contribution in [0.2, 0.25) is 0 Å². The van der Waals surface area contributed by atoms with E-state index in [1.54, 1.807) is 6.92 Å². The Kier molecular flexibility index (Phi) is 3.99. The number of rotatable bonds is 1. The molecule has 3 nitrogen and oxygen atoms in total. The zero-order valence-electron chi connectivity index (χ0n) is 16.4. The molecule has 0 radical (unpaired) electrons. The standard InChI is InChI=1S/C22H36O3/c1-13-11-19-17-6-5-15-12-16(24)7-9-20(15,3)18(17)8-10-21(19,4)22(13,25)14(2)23/h13,15-19,24-25H,5-12H2,1-4H3/t13-,15+,16+,17-,18+,19+,20+,21+,22+/m1/s1. The molecule has 4 aliphatic carbocycles. The van der Waals surface area contributed by atoms with Crippen molar-refractivity contribution in [2.75, 3.05) is 0 Å². The van der Waals surface area contributed by atoms with E-state index in [2.05, 4.69) is 20.8 Å². The SMILES string of the molecule is CC(=O)[C@@]1(O)[C@H](C)C[C@H]2[C@@H]3CC[C@H]4C[C@@H](O)CC[C@]4(C)[C@H]3CC[C@@]21C. The summed E-state index contributed by atoms with van der Waals surface area (Å²) < 4.78 is 0. The van der Waals surface area contributed by atoms with Crippen molar-refractivity contribution < 1.29 is 15.0 Å². The number of carbonyl (C=O) groups excluding carboxylic acids is 1. The number of Topliss-reactive ketones (excluding diaryl/α,β-unsaturated/α-hetero) is 1. The molecule has 4 saturated carbocycles. The highest BCUT2D eigenvalue weighted by Gasteiger charge is 2.68. The van der Waals surface area contributed by atoms with Crippen molar-refractivity contribution in [3.8, 4) is 0 Å². The molecule has 0 unspecified atom stereocenters. The summed E-state index contributed by atoms with van der Waals surface area (Å²) in [5.74, 6) is 2.53. The Hall–Kier alpha value is -0.410. The zero-order valence-corrected chi connectivity index (χ0v) is 16.4. The third kappa shape index (κ3) is 2.15. The lowest BCUT2D eigenvalue weighted by Crippen LogP contribution is -2.59. The molecule has 4 aliphatic rings. The molecule has 0 saturated heterocycles. The molecule has 0 aromatic heterocycles. The molecular weight excluding hydrogens is 312 g/mol. The second-order valence-corrected chi connectivity index (χ2v) is 10.5. The summed E-state index contributed by atoms with van der Waals surface area (Å²) >= 11 is 0. The fourth-order valence-corrected chi connectivity index (χ4v) is 8.33. The zero-order chi connectivity index (χ0) is 18.2. The molecule has 0 spiro atoms. The van der Waals surface area contributed by atoms with Gasteiger partial charge in [-0.25, -0.2) is 0 Å². The lowest BCUT2D eigenvalue weighted by Gasteiger charge is -2.61. The minimum atomic E-state index is -1.14. The smallest absolute Gasteiger partial charge is 0.162 e. The Morgan fingerprint density at radius 3 is 2.40 bits per heavy atom. The van der Waals surface area contributed by atoms with Crippen LogP contribution in [0.4, 0.5) is 0 Å². The van der Waals surface area contributed by atoms with Crippen LogP contribution in [-0.4, -0.2) is 27.7 Å². The second kappa shape index (κ2) is 5.55. The molecule has 0 aromatic carbocycles. The number of fused-ring (bicyclic) bond motifs is 5. The molecule has 9 atom stereocenters. The number of carbonyl (C=O) groups is 1. The minimum absolute atomic E-state index is 0.0239. The van der Waals surface area contributed by atoms with E-state index in [1.165, 1.54) is 12.8 Å². The fraction of sp³-hybridized carbons (Fsp3) is 0.955. The van der Waals surface area contributed by atoms with Gasteiger partial charge in [-0.15, -0.1) is 0 Å². The summed E-state index contributed by atoms with van der Waals surface area (Å²) in [6, 6.07) is 0. The van der Waals surface area contributed by atoms with E-state index in [-0.39, 0.29) is 23.2 Å². The highest BCUT2D eigenvalue weighted by molar-refractivity contribution is 5.86. The second-order valence-electron chi connectivity index (χ2n) is 10.5. The van der Waals surface area contributed by atoms with Gasteiger partial charge in [0.05, 0.1) is 6.10 Å². The maximum atomic E-state index is 12.4. The fourth-order valence-electron chi connectivity index (χ4n) is 8.33. The Bertz CT molecular complexity index is 574. The molecule has 142 valence electrons. The van der Waals surface area contributed by atoms with Gasteiger partial charge in [0.25, 0.3) is 0 Å². The largest absolute Gasteiger partial charge is 0.393 e. The quantitative estimate of drug-likeness (QED) is 0.754. The first-order valence-electron chi connectivity index (χ1n) is 10.6. The average molecular weight is 349 g/mol. The van der Waals surface area contributed by atoms with Crippen LogP contribution in [0.25, 0.3) is 0 Å². The molecule has 2 N–H and O–H groups in total. The van der Waals surface area contributed by atoms with Crippen molar-refractivity contribution in [3.05, 3.63) is 0 Å². The normalized spacial score (nSPS) is 58.2. The first-order chi connectivity index (χ1) is 11.6. The predicted molar refractivity (Wildman–Crippen MR) is 97.9 cm³/mol. The number of hydrogen-bond donors (Lipinski definition) is 2. The van der Waals surface area contributed by atoms with E-state index in [4.69, 9.17) is 0 Å². The van der Waals surface area contributed by atoms with Crippen LogP contribution >= 0.6 is 0 Å². The molecule has 0 amide bonds. The van der Waals surface area contributed by atoms with Crippen molar-refractivity contribution in [1.29, 1.82) is 0 Å². The van der Waals surface area contributed by atoms with Crippen molar-refractivity contribution in [2.45, 2.75) is 90.8 Å². The summed E-state index contributed by atoms with van der Waals surface area (Å²) in [5, 5.41) is 21.6. The number of ketones is 1. The van der Waals surface area contributed by atoms with E-state index in [0.717, 1.165) is 38.5 Å². The minimum Gasteiger partial charge on any atom is -0.393 e. The van der Waals surface area contributed by atoms with Crippen molar-refractivity contribution in [3.63, 3.8) is 0 Å². The van der Waals surface area contributed by atoms with Gasteiger partial charge >= 0.3 is 0 Å². The van der Waals surface area contributed by atoms with Crippen molar-refractivity contribution in [2.24, 2.45) is 40.4 Å². The lowest BCUT2D eigenvalue weighted by atomic mass is 9.44. The molecular formula is C22H36O3. The molecule has 4 rings (SSSR count). The number of aliphatic hydroxyl groups is 2. The van der Waals surface area contributed by atoms with Crippen LogP contribution in [0.5, 0.6) is 0 Å². The van der Waals surface area contributed by atoms with E-state index < -0.39 is 5.60 Å². The van der Waals surface area contributed by atoms with Gasteiger partial charge in [-0.2, -0.15) is 0 Å². The van der Waals surface area contributed by atoms with Crippen LogP contribution in [0, 0.1) is 40.4 Å². The van der Waals surface area contributed by atoms with Gasteiger partial charge in [-0.3, -0.25) is 4.79 Å². The molecule has 3 heteroatoms. The average Bonchev–Trinajstić information content (AvgIpc) is 2.77. The summed E-state index contributed by atoms with van der Waals surface area (Å²) in [5.41, 5.74) is -1.04. The van der Waals surface area contributed by atoms with Crippen LogP contribution < -0.4 is 0 Å². The Labute approximate surface area is 152 Å². The van der Waals surface area contributed by atoms with Crippen LogP contribution in [-0.2, 0) is 4.79 Å². The monoisotopic (exact) mass is 348 g/mol. The van der Waals surface area contributed by atoms with Gasteiger partial charge in [0.1, 0.15) is 5.60 Å². The lowest BCUT2D eigenvalue weighted by molar-refractivity contribution is -0.175. The maximum absolute atomic E-state index is 12.4. The molecule has 25 heavy (non-hydrogen) atoms. The summed E-state index contributed by atoms with van der Waals surface area (Å²) in [6.07, 6.45) is 8.53. The summed E-state index contributed by atoms with van der Waals surface area (Å²) in [7, 11) is 0. The summed E-state index contributed by atoms with van der Waals surface area (Å²) in [4.78, 5) is 12.4. The Balaban J connectivity index is 1.67. The van der Waals surface area contributed by atoms with Crippen LogP contribution in [0.3, 0.4) is 0 Å². The van der Waals surface area contributed by atoms with E-state index >= 15 is 0 Å². The first kappa shape index (κ1) is 18.0. The van der Waals surface area contributed by atoms with E-state index in [0.29, 0.717) is 29.1 Å².